The fraction of sp³-hybridized carbons (Fsp3) is 0.308. The van der Waals surface area contributed by atoms with Crippen LogP contribution in [0.2, 0.25) is 0 Å². The first-order valence-corrected chi connectivity index (χ1v) is 11.2. The molecule has 0 aliphatic rings. The summed E-state index contributed by atoms with van der Waals surface area (Å²) < 4.78 is 0. The summed E-state index contributed by atoms with van der Waals surface area (Å²) in [6.45, 7) is 11.4. The van der Waals surface area contributed by atoms with Crippen LogP contribution in [0.25, 0.3) is 0 Å². The normalized spacial score (nSPS) is 11.8. The van der Waals surface area contributed by atoms with Crippen LogP contribution < -0.4 is 9.80 Å². The molecule has 2 N–H and O–H groups in total. The average molecular weight is 459 g/mol. The highest BCUT2D eigenvalue weighted by atomic mass is 16.3. The molecule has 0 unspecified atom stereocenters. The van der Waals surface area contributed by atoms with E-state index in [-0.39, 0.29) is 22.9 Å². The molecule has 34 heavy (non-hydrogen) atoms. The fourth-order valence-electron chi connectivity index (χ4n) is 3.41. The number of aromatic hydroxyl groups is 2. The molecule has 0 spiro atoms. The van der Waals surface area contributed by atoms with Gasteiger partial charge in [-0.25, -0.2) is 9.98 Å². The van der Waals surface area contributed by atoms with E-state index in [1.54, 1.807) is 24.3 Å². The highest BCUT2D eigenvalue weighted by Crippen LogP contribution is 2.25. The largest absolute Gasteiger partial charge is 0.507 e. The number of nitriles is 2. The lowest BCUT2D eigenvalue weighted by Gasteiger charge is -2.21. The molecule has 0 bridgehead atoms. The lowest BCUT2D eigenvalue weighted by atomic mass is 10.1. The Morgan fingerprint density at radius 3 is 1.35 bits per heavy atom. The van der Waals surface area contributed by atoms with Crippen LogP contribution in [0, 0.1) is 22.7 Å². The van der Waals surface area contributed by atoms with Gasteiger partial charge in [0, 0.05) is 73.2 Å². The van der Waals surface area contributed by atoms with Crippen molar-refractivity contribution in [2.45, 2.75) is 27.7 Å². The van der Waals surface area contributed by atoms with Crippen molar-refractivity contribution in [3.8, 4) is 23.6 Å². The molecule has 0 aliphatic heterocycles. The predicted molar refractivity (Wildman–Crippen MR) is 137 cm³/mol. The van der Waals surface area contributed by atoms with E-state index in [1.165, 1.54) is 12.4 Å². The van der Waals surface area contributed by atoms with E-state index in [4.69, 9.17) is 0 Å². The molecule has 176 valence electrons. The third kappa shape index (κ3) is 6.36. The zero-order valence-corrected chi connectivity index (χ0v) is 20.0. The van der Waals surface area contributed by atoms with Gasteiger partial charge < -0.3 is 20.0 Å². The molecular formula is C26H30N6O2. The number of nitrogens with zero attached hydrogens (tertiary/aromatic N) is 6. The van der Waals surface area contributed by atoms with Crippen molar-refractivity contribution in [1.29, 1.82) is 10.5 Å². The van der Waals surface area contributed by atoms with E-state index >= 15 is 0 Å². The first-order valence-electron chi connectivity index (χ1n) is 11.2. The van der Waals surface area contributed by atoms with Gasteiger partial charge in [-0.15, -0.1) is 0 Å². The Morgan fingerprint density at radius 2 is 1.09 bits per heavy atom. The molecule has 0 aromatic heterocycles. The van der Waals surface area contributed by atoms with Gasteiger partial charge in [-0.05, 0) is 52.0 Å². The molecular weight excluding hydrogens is 428 g/mol. The molecule has 0 saturated carbocycles. The number of phenolic OH excluding ortho intramolecular Hbond substituents is 2. The number of anilines is 2. The van der Waals surface area contributed by atoms with Crippen LogP contribution in [0.1, 0.15) is 38.8 Å². The number of phenols is 2. The van der Waals surface area contributed by atoms with E-state index in [2.05, 4.69) is 19.8 Å². The van der Waals surface area contributed by atoms with Gasteiger partial charge in [0.05, 0.1) is 0 Å². The Balaban J connectivity index is 2.31. The molecule has 0 atom stereocenters. The lowest BCUT2D eigenvalue weighted by Crippen LogP contribution is -2.21. The van der Waals surface area contributed by atoms with Gasteiger partial charge >= 0.3 is 0 Å². The number of hydrogen-bond acceptors (Lipinski definition) is 8. The molecule has 2 aromatic carbocycles. The first-order chi connectivity index (χ1) is 16.4. The predicted octanol–water partition coefficient (Wildman–Crippen LogP) is 4.59. The highest BCUT2D eigenvalue weighted by molar-refractivity contribution is 5.87. The maximum absolute atomic E-state index is 10.3. The fourth-order valence-corrected chi connectivity index (χ4v) is 3.41. The molecule has 0 radical (unpaired) electrons. The second-order valence-electron chi connectivity index (χ2n) is 7.27. The molecule has 0 fully saturated rings. The summed E-state index contributed by atoms with van der Waals surface area (Å²) in [4.78, 5) is 12.3. The Kier molecular flexibility index (Phi) is 9.67. The van der Waals surface area contributed by atoms with E-state index in [9.17, 15) is 20.7 Å². The summed E-state index contributed by atoms with van der Waals surface area (Å²) in [6, 6.07) is 14.1. The van der Waals surface area contributed by atoms with Gasteiger partial charge in [0.1, 0.15) is 23.6 Å². The van der Waals surface area contributed by atoms with Gasteiger partial charge in [-0.2, -0.15) is 10.5 Å². The van der Waals surface area contributed by atoms with Crippen molar-refractivity contribution in [3.63, 3.8) is 0 Å². The first kappa shape index (κ1) is 26.0. The van der Waals surface area contributed by atoms with Crippen molar-refractivity contribution >= 4 is 23.8 Å². The Hall–Kier alpha value is -4.30. The Labute approximate surface area is 201 Å². The highest BCUT2D eigenvalue weighted by Gasteiger charge is 2.09. The lowest BCUT2D eigenvalue weighted by molar-refractivity contribution is 0.474. The van der Waals surface area contributed by atoms with Crippen LogP contribution in [-0.4, -0.2) is 48.8 Å². The van der Waals surface area contributed by atoms with Crippen LogP contribution >= 0.6 is 0 Å². The SMILES string of the molecule is CCN(CC)c1ccc(C=NC(C#N)=C(C#N)N=Cc2ccc(N(CC)CC)cc2O)c(O)c1. The zero-order chi connectivity index (χ0) is 25.1. The van der Waals surface area contributed by atoms with E-state index in [1.807, 2.05) is 52.0 Å². The van der Waals surface area contributed by atoms with E-state index < -0.39 is 0 Å². The summed E-state index contributed by atoms with van der Waals surface area (Å²) >= 11 is 0. The molecule has 0 saturated heterocycles. The number of benzene rings is 2. The minimum Gasteiger partial charge on any atom is -0.507 e. The van der Waals surface area contributed by atoms with Crippen molar-refractivity contribution in [2.24, 2.45) is 9.98 Å². The molecule has 2 rings (SSSR count). The minimum absolute atomic E-state index is 0.0191. The quantitative estimate of drug-likeness (QED) is 0.397. The average Bonchev–Trinajstić information content (AvgIpc) is 2.84. The van der Waals surface area contributed by atoms with Gasteiger partial charge in [-0.1, -0.05) is 0 Å². The minimum atomic E-state index is -0.203. The summed E-state index contributed by atoms with van der Waals surface area (Å²) in [7, 11) is 0. The molecule has 8 heteroatoms. The number of rotatable bonds is 10. The second-order valence-corrected chi connectivity index (χ2v) is 7.27. The Bertz CT molecular complexity index is 1070. The molecule has 0 heterocycles. The number of hydrogen-bond donors (Lipinski definition) is 2. The maximum atomic E-state index is 10.3. The van der Waals surface area contributed by atoms with Crippen LogP contribution in [0.15, 0.2) is 57.8 Å². The molecule has 8 nitrogen and oxygen atoms in total. The van der Waals surface area contributed by atoms with E-state index in [0.717, 1.165) is 37.6 Å². The van der Waals surface area contributed by atoms with Crippen molar-refractivity contribution < 1.29 is 10.2 Å². The van der Waals surface area contributed by atoms with Gasteiger partial charge in [0.15, 0.2) is 11.4 Å². The third-order valence-corrected chi connectivity index (χ3v) is 5.39. The standard InChI is InChI=1S/C26H30N6O2/c1-5-31(6-2)21-11-9-19(25(33)13-21)17-29-23(15-27)24(16-28)30-18-20-10-12-22(14-26(20)34)32(7-3)8-4/h9-14,17-18,33-34H,5-8H2,1-4H3. The van der Waals surface area contributed by atoms with Gasteiger partial charge in [0.25, 0.3) is 0 Å². The van der Waals surface area contributed by atoms with Gasteiger partial charge in [-0.3, -0.25) is 0 Å². The smallest absolute Gasteiger partial charge is 0.176 e. The van der Waals surface area contributed by atoms with Crippen LogP contribution in [0.4, 0.5) is 11.4 Å². The van der Waals surface area contributed by atoms with Crippen LogP contribution in [0.3, 0.4) is 0 Å². The molecule has 2 aromatic rings. The second kappa shape index (κ2) is 12.7. The summed E-state index contributed by atoms with van der Waals surface area (Å²) in [5.41, 5.74) is 2.18. The van der Waals surface area contributed by atoms with Crippen LogP contribution in [0.5, 0.6) is 11.5 Å². The third-order valence-electron chi connectivity index (χ3n) is 5.39. The number of allylic oxidation sites excluding steroid dienone is 2. The monoisotopic (exact) mass is 458 g/mol. The Morgan fingerprint density at radius 1 is 0.735 bits per heavy atom. The van der Waals surface area contributed by atoms with Crippen LogP contribution in [-0.2, 0) is 0 Å². The van der Waals surface area contributed by atoms with Gasteiger partial charge in [0.2, 0.25) is 0 Å². The molecule has 0 amide bonds. The summed E-state index contributed by atoms with van der Waals surface area (Å²) in [5, 5.41) is 39.7. The topological polar surface area (TPSA) is 119 Å². The van der Waals surface area contributed by atoms with Crippen molar-refractivity contribution in [1.82, 2.24) is 0 Å². The summed E-state index contributed by atoms with van der Waals surface area (Å²) in [6.07, 6.45) is 2.65. The summed E-state index contributed by atoms with van der Waals surface area (Å²) in [5.74, 6) is 0.0383. The molecule has 0 aliphatic carbocycles. The number of aliphatic imine (C=N–C) groups is 2. The zero-order valence-electron chi connectivity index (χ0n) is 20.0. The van der Waals surface area contributed by atoms with Crippen molar-refractivity contribution in [3.05, 3.63) is 58.9 Å². The van der Waals surface area contributed by atoms with Crippen molar-refractivity contribution in [2.75, 3.05) is 36.0 Å². The maximum Gasteiger partial charge on any atom is 0.176 e. The van der Waals surface area contributed by atoms with E-state index in [0.29, 0.717) is 11.1 Å².